The number of ether oxygens (including phenoxy) is 1. The van der Waals surface area contributed by atoms with Gasteiger partial charge in [0.2, 0.25) is 0 Å². The minimum Gasteiger partial charge on any atom is -0.465 e. The molecular weight excluding hydrogens is 1210 g/mol. The van der Waals surface area contributed by atoms with Gasteiger partial charge in [-0.15, -0.1) is 70.6 Å². The molecule has 0 heterocycles. The van der Waals surface area contributed by atoms with E-state index in [1.54, 1.807) is 23.5 Å². The molecule has 484 valence electrons. The molecule has 0 radical (unpaired) electrons. The number of hydrogen-bond acceptors (Lipinski definition) is 8. The SMILES string of the molecule is COC(=O)c1cc(SCc2cc(SCc3cc(C(C)(C)C)cc(C(C)(C)C)c3)cc(SCc3cc(C(C)(C)C)cc(C(C)(C)C)c3)c2)cc(SCc2cc(SCc3cc(C(C)(C)C)cc(C(C)(C)C)c3)cc(SCc3cc(C(C)(C)C)cc(C(C)(C)C)c3)c2)c1. The Bertz CT molecular complexity index is 3090. The number of rotatable bonds is 19. The van der Waals surface area contributed by atoms with Crippen LogP contribution in [-0.4, -0.2) is 13.1 Å². The molecule has 0 aliphatic carbocycles. The van der Waals surface area contributed by atoms with Crippen molar-refractivity contribution in [3.05, 3.63) is 211 Å². The predicted molar refractivity (Wildman–Crippen MR) is 403 cm³/mol. The Kier molecular flexibility index (Phi) is 23.7. The Morgan fingerprint density at radius 1 is 0.244 bits per heavy atom. The van der Waals surface area contributed by atoms with Crippen LogP contribution < -0.4 is 0 Å². The number of hydrogen-bond donors (Lipinski definition) is 0. The fourth-order valence-electron chi connectivity index (χ4n) is 10.3. The van der Waals surface area contributed by atoms with Gasteiger partial charge in [0.15, 0.2) is 0 Å². The summed E-state index contributed by atoms with van der Waals surface area (Å²) in [4.78, 5) is 20.7. The molecule has 7 aromatic carbocycles. The van der Waals surface area contributed by atoms with Crippen molar-refractivity contribution in [2.75, 3.05) is 7.11 Å². The molecule has 2 nitrogen and oxygen atoms in total. The molecule has 8 heteroatoms. The van der Waals surface area contributed by atoms with E-state index in [2.05, 4.69) is 281 Å². The van der Waals surface area contributed by atoms with Crippen molar-refractivity contribution in [3.8, 4) is 0 Å². The van der Waals surface area contributed by atoms with Crippen LogP contribution in [0, 0.1) is 0 Å². The number of methoxy groups -OCH3 is 1. The molecular formula is C82H108O2S6. The maximum absolute atomic E-state index is 13.6. The van der Waals surface area contributed by atoms with E-state index in [9.17, 15) is 4.79 Å². The van der Waals surface area contributed by atoms with Gasteiger partial charge in [-0.2, -0.15) is 0 Å². The summed E-state index contributed by atoms with van der Waals surface area (Å²) in [6, 6.07) is 49.8. The lowest BCUT2D eigenvalue weighted by atomic mass is 9.80. The van der Waals surface area contributed by atoms with E-state index in [-0.39, 0.29) is 49.3 Å². The molecule has 90 heavy (non-hydrogen) atoms. The Balaban J connectivity index is 1.21. The highest BCUT2D eigenvalue weighted by Crippen LogP contribution is 2.42. The summed E-state index contributed by atoms with van der Waals surface area (Å²) in [7, 11) is 1.49. The van der Waals surface area contributed by atoms with Gasteiger partial charge in [-0.1, -0.05) is 239 Å². The van der Waals surface area contributed by atoms with Crippen molar-refractivity contribution in [1.82, 2.24) is 0 Å². The third-order valence-corrected chi connectivity index (χ3v) is 22.8. The molecule has 0 saturated carbocycles. The number of thioether (sulfide) groups is 6. The minimum atomic E-state index is -0.320. The maximum Gasteiger partial charge on any atom is 0.337 e. The molecule has 7 rings (SSSR count). The van der Waals surface area contributed by atoms with Crippen LogP contribution in [-0.2, 0) is 82.6 Å². The zero-order valence-corrected chi connectivity index (χ0v) is 64.5. The van der Waals surface area contributed by atoms with Gasteiger partial charge in [-0.3, -0.25) is 0 Å². The summed E-state index contributed by atoms with van der Waals surface area (Å²) in [5.41, 5.74) is 20.0. The molecule has 0 atom stereocenters. The summed E-state index contributed by atoms with van der Waals surface area (Å²) in [5, 5.41) is 0. The third kappa shape index (κ3) is 21.6. The van der Waals surface area contributed by atoms with E-state index in [0.29, 0.717) is 5.56 Å². The molecule has 0 amide bonds. The Morgan fingerprint density at radius 2 is 0.400 bits per heavy atom. The van der Waals surface area contributed by atoms with E-state index in [1.807, 2.05) is 59.2 Å². The second-order valence-corrected chi connectivity index (χ2v) is 39.5. The summed E-state index contributed by atoms with van der Waals surface area (Å²) in [6.45, 7) is 55.7. The third-order valence-electron chi connectivity index (χ3n) is 16.5. The van der Waals surface area contributed by atoms with Crippen LogP contribution in [0.1, 0.15) is 254 Å². The standard InChI is InChI=1S/C82H108O2S6/c1-75(2,3)60-26-53(27-61(40-60)76(4,5)6)47-85-68-34-57(35-69(44-68)86-48-54-28-62(77(7,8)9)41-63(29-54)78(10,11)12)51-89-72-38-59(74(83)84-25)39-73(46-72)90-52-58-36-70(87-49-55-30-64(79(13,14)15)42-65(31-55)80(16,17)18)45-71(37-58)88-50-56-32-66(81(19,20)21)43-67(33-56)82(22,23)24/h26-46H,47-52H2,1-25H3. The summed E-state index contributed by atoms with van der Waals surface area (Å²) in [6.07, 6.45) is 0. The number of benzene rings is 7. The van der Waals surface area contributed by atoms with Crippen molar-refractivity contribution >= 4 is 76.5 Å². The van der Waals surface area contributed by atoms with Crippen LogP contribution in [0.25, 0.3) is 0 Å². The first kappa shape index (κ1) is 73.5. The molecule has 0 bridgehead atoms. The van der Waals surface area contributed by atoms with Crippen LogP contribution in [0.2, 0.25) is 0 Å². The van der Waals surface area contributed by atoms with E-state index in [1.165, 1.54) is 105 Å². The van der Waals surface area contributed by atoms with Gasteiger partial charge in [0.05, 0.1) is 12.7 Å². The average Bonchev–Trinajstić information content (AvgIpc) is 1.16. The van der Waals surface area contributed by atoms with Crippen molar-refractivity contribution < 1.29 is 9.53 Å². The highest BCUT2D eigenvalue weighted by Gasteiger charge is 2.26. The highest BCUT2D eigenvalue weighted by molar-refractivity contribution is 8.00. The molecule has 0 aromatic heterocycles. The van der Waals surface area contributed by atoms with E-state index in [0.717, 1.165) is 44.3 Å². The smallest absolute Gasteiger partial charge is 0.337 e. The van der Waals surface area contributed by atoms with Gasteiger partial charge in [-0.05, 0) is 176 Å². The minimum absolute atomic E-state index is 0.0451. The lowest BCUT2D eigenvalue weighted by Crippen LogP contribution is -2.17. The van der Waals surface area contributed by atoms with Crippen molar-refractivity contribution in [2.24, 2.45) is 0 Å². The van der Waals surface area contributed by atoms with Crippen LogP contribution in [0.15, 0.2) is 157 Å². The first-order valence-corrected chi connectivity index (χ1v) is 38.2. The Hall–Kier alpha value is -3.89. The van der Waals surface area contributed by atoms with E-state index < -0.39 is 0 Å². The van der Waals surface area contributed by atoms with Crippen molar-refractivity contribution in [1.29, 1.82) is 0 Å². The molecule has 0 N–H and O–H groups in total. The lowest BCUT2D eigenvalue weighted by Gasteiger charge is -2.26. The fraction of sp³-hybridized carbons (Fsp3) is 0.476. The van der Waals surface area contributed by atoms with Crippen LogP contribution in [0.5, 0.6) is 0 Å². The maximum atomic E-state index is 13.6. The van der Waals surface area contributed by atoms with Crippen molar-refractivity contribution in [2.45, 2.75) is 273 Å². The van der Waals surface area contributed by atoms with Gasteiger partial charge < -0.3 is 4.74 Å². The van der Waals surface area contributed by atoms with Gasteiger partial charge in [0.1, 0.15) is 0 Å². The lowest BCUT2D eigenvalue weighted by molar-refractivity contribution is 0.0600. The predicted octanol–water partition coefficient (Wildman–Crippen LogP) is 25.6. The largest absolute Gasteiger partial charge is 0.465 e. The second kappa shape index (κ2) is 29.0. The molecule has 0 aliphatic rings. The van der Waals surface area contributed by atoms with Crippen LogP contribution >= 0.6 is 70.6 Å². The summed E-state index contributed by atoms with van der Waals surface area (Å²) >= 11 is 11.3. The van der Waals surface area contributed by atoms with E-state index in [4.69, 9.17) is 4.74 Å². The summed E-state index contributed by atoms with van der Waals surface area (Å²) < 4.78 is 5.43. The zero-order valence-electron chi connectivity index (χ0n) is 59.6. The number of carbonyl (C=O) groups excluding carboxylic acids is 1. The fourth-order valence-corrected chi connectivity index (χ4v) is 16.1. The van der Waals surface area contributed by atoms with Crippen LogP contribution in [0.4, 0.5) is 0 Å². The normalized spacial score (nSPS) is 13.1. The highest BCUT2D eigenvalue weighted by atomic mass is 32.2. The van der Waals surface area contributed by atoms with Gasteiger partial charge in [-0.25, -0.2) is 4.79 Å². The zero-order chi connectivity index (χ0) is 66.7. The Labute approximate surface area is 572 Å². The van der Waals surface area contributed by atoms with E-state index >= 15 is 0 Å². The first-order chi connectivity index (χ1) is 41.4. The molecule has 0 saturated heterocycles. The van der Waals surface area contributed by atoms with Gasteiger partial charge in [0, 0.05) is 63.9 Å². The van der Waals surface area contributed by atoms with Crippen LogP contribution in [0.3, 0.4) is 0 Å². The number of carbonyl (C=O) groups is 1. The van der Waals surface area contributed by atoms with Gasteiger partial charge >= 0.3 is 5.97 Å². The number of esters is 1. The molecule has 7 aromatic rings. The van der Waals surface area contributed by atoms with Gasteiger partial charge in [0.25, 0.3) is 0 Å². The quantitative estimate of drug-likeness (QED) is 0.0584. The summed E-state index contributed by atoms with van der Waals surface area (Å²) in [5.74, 6) is 4.71. The average molecular weight is 1320 g/mol. The topological polar surface area (TPSA) is 26.3 Å². The van der Waals surface area contributed by atoms with Crippen molar-refractivity contribution in [3.63, 3.8) is 0 Å². The molecule has 0 fully saturated rings. The first-order valence-electron chi connectivity index (χ1n) is 32.3. The molecule has 0 unspecified atom stereocenters. The molecule has 0 spiro atoms. The molecule has 0 aliphatic heterocycles. The second-order valence-electron chi connectivity index (χ2n) is 33.2. The monoisotopic (exact) mass is 1320 g/mol. The Morgan fingerprint density at radius 3 is 0.556 bits per heavy atom.